The molecule has 2 aromatic heterocycles. The van der Waals surface area contributed by atoms with Gasteiger partial charge < -0.3 is 0 Å². The van der Waals surface area contributed by atoms with E-state index in [1.165, 1.54) is 28.3 Å². The van der Waals surface area contributed by atoms with Gasteiger partial charge in [-0.1, -0.05) is 0 Å². The number of anilines is 2. The molecule has 0 fully saturated rings. The van der Waals surface area contributed by atoms with Crippen LogP contribution in [0.1, 0.15) is 15.2 Å². The lowest BCUT2D eigenvalue weighted by atomic mass is 10.2. The largest absolute Gasteiger partial charge is 0.298 e. The fraction of sp³-hybridized carbons (Fsp3) is 0.125. The fourth-order valence-electron chi connectivity index (χ4n) is 2.09. The molecule has 0 aliphatic rings. The number of hydrogen-bond acceptors (Lipinski definition) is 6. The van der Waals surface area contributed by atoms with Crippen molar-refractivity contribution < 1.29 is 13.2 Å². The van der Waals surface area contributed by atoms with Crippen molar-refractivity contribution >= 4 is 49.4 Å². The highest BCUT2D eigenvalue weighted by atomic mass is 32.2. The zero-order valence-corrected chi connectivity index (χ0v) is 15.9. The first-order chi connectivity index (χ1) is 11.8. The summed E-state index contributed by atoms with van der Waals surface area (Å²) >= 11 is 3.01. The molecule has 3 rings (SSSR count). The van der Waals surface area contributed by atoms with Gasteiger partial charge in [0, 0.05) is 21.5 Å². The van der Waals surface area contributed by atoms with Crippen molar-refractivity contribution in [3.8, 4) is 10.6 Å². The first-order valence-corrected chi connectivity index (χ1v) is 10.8. The van der Waals surface area contributed by atoms with E-state index in [4.69, 9.17) is 0 Å². The molecular formula is C16H15N3O3S3. The number of amides is 1. The number of benzene rings is 1. The maximum absolute atomic E-state index is 12.3. The van der Waals surface area contributed by atoms with E-state index >= 15 is 0 Å². The predicted octanol–water partition coefficient (Wildman–Crippen LogP) is 3.80. The minimum Gasteiger partial charge on any atom is -0.298 e. The van der Waals surface area contributed by atoms with Crippen LogP contribution in [0.15, 0.2) is 41.8 Å². The highest BCUT2D eigenvalue weighted by molar-refractivity contribution is 7.92. The molecule has 0 saturated carbocycles. The quantitative estimate of drug-likeness (QED) is 0.690. The molecule has 2 N–H and O–H groups in total. The summed E-state index contributed by atoms with van der Waals surface area (Å²) < 4.78 is 24.7. The summed E-state index contributed by atoms with van der Waals surface area (Å²) in [6.45, 7) is 2.03. The Morgan fingerprint density at radius 1 is 1.12 bits per heavy atom. The van der Waals surface area contributed by atoms with Crippen LogP contribution in [0, 0.1) is 6.92 Å². The average Bonchev–Trinajstić information content (AvgIpc) is 3.15. The van der Waals surface area contributed by atoms with E-state index in [9.17, 15) is 13.2 Å². The monoisotopic (exact) mass is 393 g/mol. The first-order valence-electron chi connectivity index (χ1n) is 7.22. The van der Waals surface area contributed by atoms with Gasteiger partial charge in [-0.25, -0.2) is 13.4 Å². The molecule has 0 atom stereocenters. The van der Waals surface area contributed by atoms with Gasteiger partial charge in [0.05, 0.1) is 16.8 Å². The molecule has 9 heteroatoms. The topological polar surface area (TPSA) is 88.2 Å². The van der Waals surface area contributed by atoms with Gasteiger partial charge in [-0.15, -0.1) is 22.7 Å². The number of carbonyl (C=O) groups excluding carboxylic acids is 1. The van der Waals surface area contributed by atoms with E-state index < -0.39 is 10.0 Å². The number of hydrogen-bond donors (Lipinski definition) is 2. The number of aryl methyl sites for hydroxylation is 1. The Hall–Kier alpha value is -2.23. The molecule has 130 valence electrons. The Balaban J connectivity index is 1.69. The SMILES string of the molecule is Cc1ccc(-c2csc(NC(=O)c3ccc(NS(C)(=O)=O)cc3)n2)s1. The zero-order chi connectivity index (χ0) is 18.0. The van der Waals surface area contributed by atoms with Crippen LogP contribution in [-0.2, 0) is 10.0 Å². The molecule has 0 aliphatic heterocycles. The third-order valence-electron chi connectivity index (χ3n) is 3.17. The van der Waals surface area contributed by atoms with Crippen LogP contribution in [0.2, 0.25) is 0 Å². The van der Waals surface area contributed by atoms with Crippen molar-refractivity contribution in [2.75, 3.05) is 16.3 Å². The van der Waals surface area contributed by atoms with Crippen LogP contribution in [0.5, 0.6) is 0 Å². The third kappa shape index (κ3) is 4.65. The Morgan fingerprint density at radius 2 is 1.84 bits per heavy atom. The number of thiazole rings is 1. The summed E-state index contributed by atoms with van der Waals surface area (Å²) in [7, 11) is -3.34. The van der Waals surface area contributed by atoms with Gasteiger partial charge in [0.1, 0.15) is 0 Å². The normalized spacial score (nSPS) is 11.3. The van der Waals surface area contributed by atoms with Crippen molar-refractivity contribution in [1.29, 1.82) is 0 Å². The van der Waals surface area contributed by atoms with E-state index in [-0.39, 0.29) is 5.91 Å². The molecule has 0 saturated heterocycles. The number of thiophene rings is 1. The Morgan fingerprint density at radius 3 is 2.44 bits per heavy atom. The van der Waals surface area contributed by atoms with E-state index in [1.807, 2.05) is 24.4 Å². The summed E-state index contributed by atoms with van der Waals surface area (Å²) in [4.78, 5) is 19.0. The lowest BCUT2D eigenvalue weighted by molar-refractivity contribution is 0.102. The van der Waals surface area contributed by atoms with Crippen LogP contribution in [0.25, 0.3) is 10.6 Å². The van der Waals surface area contributed by atoms with Crippen molar-refractivity contribution in [2.45, 2.75) is 6.92 Å². The van der Waals surface area contributed by atoms with E-state index in [2.05, 4.69) is 15.0 Å². The Kier molecular flexibility index (Phi) is 4.89. The maximum Gasteiger partial charge on any atom is 0.257 e. The van der Waals surface area contributed by atoms with Gasteiger partial charge in [-0.2, -0.15) is 0 Å². The second-order valence-electron chi connectivity index (χ2n) is 5.35. The van der Waals surface area contributed by atoms with Crippen LogP contribution >= 0.6 is 22.7 Å². The molecule has 0 unspecified atom stereocenters. The molecule has 0 bridgehead atoms. The van der Waals surface area contributed by atoms with Crippen LogP contribution < -0.4 is 10.0 Å². The summed E-state index contributed by atoms with van der Waals surface area (Å²) in [5, 5.41) is 5.18. The van der Waals surface area contributed by atoms with Gasteiger partial charge in [0.25, 0.3) is 5.91 Å². The van der Waals surface area contributed by atoms with E-state index in [0.717, 1.165) is 16.8 Å². The molecule has 1 aromatic carbocycles. The van der Waals surface area contributed by atoms with Crippen LogP contribution in [0.3, 0.4) is 0 Å². The first kappa shape index (κ1) is 17.6. The fourth-order valence-corrected chi connectivity index (χ4v) is 4.26. The van der Waals surface area contributed by atoms with E-state index in [0.29, 0.717) is 16.4 Å². The maximum atomic E-state index is 12.3. The number of aromatic nitrogens is 1. The van der Waals surface area contributed by atoms with Crippen molar-refractivity contribution in [3.05, 3.63) is 52.2 Å². The predicted molar refractivity (Wildman–Crippen MR) is 103 cm³/mol. The summed E-state index contributed by atoms with van der Waals surface area (Å²) in [6.07, 6.45) is 1.07. The number of rotatable bonds is 5. The zero-order valence-electron chi connectivity index (χ0n) is 13.4. The highest BCUT2D eigenvalue weighted by Gasteiger charge is 2.11. The van der Waals surface area contributed by atoms with Crippen LogP contribution in [-0.4, -0.2) is 25.6 Å². The van der Waals surface area contributed by atoms with Crippen LogP contribution in [0.4, 0.5) is 10.8 Å². The molecule has 1 amide bonds. The third-order valence-corrected chi connectivity index (χ3v) is 5.56. The van der Waals surface area contributed by atoms with Gasteiger partial charge >= 0.3 is 0 Å². The Labute approximate surface area is 153 Å². The Bertz CT molecular complexity index is 1000. The number of nitrogens with zero attached hydrogens (tertiary/aromatic N) is 1. The molecule has 6 nitrogen and oxygen atoms in total. The molecule has 2 heterocycles. The van der Waals surface area contributed by atoms with Crippen molar-refractivity contribution in [3.63, 3.8) is 0 Å². The molecule has 25 heavy (non-hydrogen) atoms. The molecule has 3 aromatic rings. The minimum absolute atomic E-state index is 0.297. The second kappa shape index (κ2) is 6.95. The molecule has 0 radical (unpaired) electrons. The summed E-state index contributed by atoms with van der Waals surface area (Å²) in [5.41, 5.74) is 1.66. The minimum atomic E-state index is -3.34. The molecule has 0 spiro atoms. The molecule has 0 aliphatic carbocycles. The lowest BCUT2D eigenvalue weighted by Gasteiger charge is -2.05. The summed E-state index contributed by atoms with van der Waals surface area (Å²) in [6, 6.07) is 10.2. The van der Waals surface area contributed by atoms with E-state index in [1.54, 1.807) is 23.5 Å². The second-order valence-corrected chi connectivity index (χ2v) is 9.25. The van der Waals surface area contributed by atoms with Gasteiger partial charge in [-0.05, 0) is 43.3 Å². The van der Waals surface area contributed by atoms with Crippen molar-refractivity contribution in [1.82, 2.24) is 4.98 Å². The highest BCUT2D eigenvalue weighted by Crippen LogP contribution is 2.30. The standard InChI is InChI=1S/C16H15N3O3S3/c1-10-3-8-14(24-10)13-9-23-16(17-13)18-15(20)11-4-6-12(7-5-11)19-25(2,21)22/h3-9,19H,1-2H3,(H,17,18,20). The van der Waals surface area contributed by atoms with Gasteiger partial charge in [0.15, 0.2) is 5.13 Å². The number of carbonyl (C=O) groups is 1. The average molecular weight is 394 g/mol. The smallest absolute Gasteiger partial charge is 0.257 e. The molecular weight excluding hydrogens is 378 g/mol. The number of sulfonamides is 1. The summed E-state index contributed by atoms with van der Waals surface area (Å²) in [5.74, 6) is -0.297. The lowest BCUT2D eigenvalue weighted by Crippen LogP contribution is -2.12. The van der Waals surface area contributed by atoms with Crippen molar-refractivity contribution in [2.24, 2.45) is 0 Å². The van der Waals surface area contributed by atoms with Gasteiger partial charge in [0.2, 0.25) is 10.0 Å². The van der Waals surface area contributed by atoms with Gasteiger partial charge in [-0.3, -0.25) is 14.8 Å². The number of nitrogens with one attached hydrogen (secondary N) is 2.